The summed E-state index contributed by atoms with van der Waals surface area (Å²) in [5, 5.41) is 7.68. The fraction of sp³-hybridized carbons (Fsp3) is 0. The van der Waals surface area contributed by atoms with Crippen LogP contribution < -0.4 is 0 Å². The van der Waals surface area contributed by atoms with E-state index >= 15 is 0 Å². The first-order chi connectivity index (χ1) is 6.70. The molecule has 1 N–H and O–H groups in total. The van der Waals surface area contributed by atoms with Crippen LogP contribution in [-0.4, -0.2) is 19.0 Å². The van der Waals surface area contributed by atoms with E-state index in [1.165, 1.54) is 6.08 Å². The van der Waals surface area contributed by atoms with E-state index in [1.807, 2.05) is 12.1 Å². The molecule has 1 aromatic carbocycles. The Morgan fingerprint density at radius 1 is 1.07 bits per heavy atom. The molecule has 0 saturated heterocycles. The van der Waals surface area contributed by atoms with Gasteiger partial charge in [-0.05, 0) is 11.6 Å². The molecule has 3 nitrogen and oxygen atoms in total. The highest BCUT2D eigenvalue weighted by atomic mass is 32.2. The largest absolute Gasteiger partial charge is 0.299 e. The smallest absolute Gasteiger partial charge is 0.223 e. The Morgan fingerprint density at radius 3 is 2.50 bits per heavy atom. The molecule has 14 heavy (non-hydrogen) atoms. The molecule has 70 valence electrons. The normalized spacial score (nSPS) is 14.0. The minimum absolute atomic E-state index is 0.0451. The number of rotatable bonds is 0. The van der Waals surface area contributed by atoms with Crippen molar-refractivity contribution in [1.82, 2.24) is 0 Å². The van der Waals surface area contributed by atoms with Crippen LogP contribution in [0, 0.1) is 5.41 Å². The van der Waals surface area contributed by atoms with Gasteiger partial charge in [0.1, 0.15) is 4.86 Å². The van der Waals surface area contributed by atoms with Crippen LogP contribution >= 0.6 is 0 Å². The van der Waals surface area contributed by atoms with E-state index in [0.29, 0.717) is 5.56 Å². The third kappa shape index (κ3) is 1.29. The predicted octanol–water partition coefficient (Wildman–Crippen LogP) is 1.13. The van der Waals surface area contributed by atoms with Crippen LogP contribution in [0.25, 0.3) is 6.08 Å². The molecule has 0 fully saturated rings. The molecule has 0 aliphatic heterocycles. The van der Waals surface area contributed by atoms with E-state index in [1.54, 1.807) is 18.2 Å². The van der Waals surface area contributed by atoms with Crippen molar-refractivity contribution in [1.29, 1.82) is 5.41 Å². The molecule has 0 atom stereocenters. The molecule has 0 bridgehead atoms. The number of nitrogens with one attached hydrogen (secondary N) is 1. The van der Waals surface area contributed by atoms with Gasteiger partial charge in [-0.15, -0.1) is 0 Å². The molecule has 1 aromatic rings. The fourth-order valence-electron chi connectivity index (χ4n) is 1.39. The predicted molar refractivity (Wildman–Crippen MR) is 56.2 cm³/mol. The molecule has 1 aliphatic rings. The monoisotopic (exact) mass is 205 g/mol. The summed E-state index contributed by atoms with van der Waals surface area (Å²) in [5.74, 6) is 0. The van der Waals surface area contributed by atoms with E-state index in [2.05, 4.69) is 0 Å². The van der Waals surface area contributed by atoms with E-state index in [9.17, 15) is 8.42 Å². The molecule has 1 aliphatic carbocycles. The molecular formula is C10H7NO2S. The van der Waals surface area contributed by atoms with Crippen LogP contribution in [0.2, 0.25) is 0 Å². The van der Waals surface area contributed by atoms with E-state index in [0.717, 1.165) is 5.56 Å². The minimum Gasteiger partial charge on any atom is -0.299 e. The van der Waals surface area contributed by atoms with Crippen molar-refractivity contribution in [2.45, 2.75) is 0 Å². The summed E-state index contributed by atoms with van der Waals surface area (Å²) in [7, 11) is -2.33. The summed E-state index contributed by atoms with van der Waals surface area (Å²) < 4.78 is 21.5. The Hall–Kier alpha value is -1.68. The number of allylic oxidation sites excluding steroid dienone is 1. The Labute approximate surface area is 82.7 Å². The standard InChI is InChI=1S/C10H7NO2S/c11-10-8-4-2-1-3-7(8)5-6-9(10)14(12)13/h1-6,11H. The number of benzene rings is 1. The highest BCUT2D eigenvalue weighted by Crippen LogP contribution is 2.16. The van der Waals surface area contributed by atoms with Crippen LogP contribution in [0.4, 0.5) is 0 Å². The maximum absolute atomic E-state index is 10.7. The SMILES string of the molecule is N=C1C(=S(=O)=O)C=Cc2ccccc21. The Kier molecular flexibility index (Phi) is 2.05. The van der Waals surface area contributed by atoms with E-state index < -0.39 is 10.3 Å². The van der Waals surface area contributed by atoms with Gasteiger partial charge in [0.15, 0.2) is 0 Å². The minimum atomic E-state index is -2.33. The van der Waals surface area contributed by atoms with Gasteiger partial charge >= 0.3 is 0 Å². The number of fused-ring (bicyclic) bond motifs is 1. The lowest BCUT2D eigenvalue weighted by molar-refractivity contribution is 0.627. The van der Waals surface area contributed by atoms with Crippen molar-refractivity contribution < 1.29 is 8.42 Å². The maximum Gasteiger partial charge on any atom is 0.223 e. The summed E-state index contributed by atoms with van der Waals surface area (Å²) in [6.45, 7) is 0. The second-order valence-electron chi connectivity index (χ2n) is 2.89. The van der Waals surface area contributed by atoms with Gasteiger partial charge in [-0.1, -0.05) is 30.3 Å². The second kappa shape index (κ2) is 3.23. The van der Waals surface area contributed by atoms with Crippen molar-refractivity contribution in [3.05, 3.63) is 41.5 Å². The van der Waals surface area contributed by atoms with Gasteiger partial charge < -0.3 is 0 Å². The number of hydrogen-bond acceptors (Lipinski definition) is 3. The number of hydrogen-bond donors (Lipinski definition) is 1. The van der Waals surface area contributed by atoms with Crippen molar-refractivity contribution in [2.24, 2.45) is 0 Å². The third-order valence-electron chi connectivity index (χ3n) is 2.07. The highest BCUT2D eigenvalue weighted by molar-refractivity contribution is 7.75. The lowest BCUT2D eigenvalue weighted by Gasteiger charge is -2.10. The van der Waals surface area contributed by atoms with Gasteiger partial charge in [0.05, 0.1) is 5.71 Å². The van der Waals surface area contributed by atoms with E-state index in [-0.39, 0.29) is 10.6 Å². The summed E-state index contributed by atoms with van der Waals surface area (Å²) in [6, 6.07) is 7.24. The second-order valence-corrected chi connectivity index (χ2v) is 3.80. The lowest BCUT2D eigenvalue weighted by Crippen LogP contribution is -2.17. The lowest BCUT2D eigenvalue weighted by atomic mass is 9.96. The van der Waals surface area contributed by atoms with Gasteiger partial charge in [0, 0.05) is 5.56 Å². The third-order valence-corrected chi connectivity index (χ3v) is 2.77. The van der Waals surface area contributed by atoms with Gasteiger partial charge in [0.2, 0.25) is 10.3 Å². The first-order valence-electron chi connectivity index (χ1n) is 4.03. The molecule has 0 unspecified atom stereocenters. The average Bonchev–Trinajstić information content (AvgIpc) is 2.18. The highest BCUT2D eigenvalue weighted by Gasteiger charge is 2.15. The van der Waals surface area contributed by atoms with Gasteiger partial charge in [-0.3, -0.25) is 5.41 Å². The molecule has 0 radical (unpaired) electrons. The summed E-state index contributed by atoms with van der Waals surface area (Å²) in [6.07, 6.45) is 3.16. The first kappa shape index (κ1) is 8.90. The molecule has 0 spiro atoms. The van der Waals surface area contributed by atoms with Crippen molar-refractivity contribution >= 4 is 26.9 Å². The molecule has 0 saturated carbocycles. The van der Waals surface area contributed by atoms with Crippen molar-refractivity contribution in [2.75, 3.05) is 0 Å². The quantitative estimate of drug-likeness (QED) is 0.645. The summed E-state index contributed by atoms with van der Waals surface area (Å²) >= 11 is 0. The Morgan fingerprint density at radius 2 is 1.79 bits per heavy atom. The zero-order valence-electron chi connectivity index (χ0n) is 7.19. The Bertz CT molecular complexity index is 560. The molecule has 0 aromatic heterocycles. The van der Waals surface area contributed by atoms with Gasteiger partial charge in [0.25, 0.3) is 0 Å². The molecule has 0 heterocycles. The Balaban J connectivity index is 2.74. The average molecular weight is 205 g/mol. The van der Waals surface area contributed by atoms with Crippen LogP contribution in [0.1, 0.15) is 11.1 Å². The van der Waals surface area contributed by atoms with Crippen LogP contribution in [-0.2, 0) is 10.3 Å². The molecule has 2 rings (SSSR count). The van der Waals surface area contributed by atoms with Gasteiger partial charge in [-0.2, -0.15) is 8.42 Å². The zero-order valence-corrected chi connectivity index (χ0v) is 8.01. The topological polar surface area (TPSA) is 58.0 Å². The zero-order chi connectivity index (χ0) is 10.1. The fourth-order valence-corrected chi connectivity index (χ4v) is 1.85. The molecular weight excluding hydrogens is 198 g/mol. The van der Waals surface area contributed by atoms with Crippen LogP contribution in [0.3, 0.4) is 0 Å². The van der Waals surface area contributed by atoms with Crippen molar-refractivity contribution in [3.63, 3.8) is 0 Å². The first-order valence-corrected chi connectivity index (χ1v) is 5.10. The maximum atomic E-state index is 10.7. The molecule has 4 heteroatoms. The van der Waals surface area contributed by atoms with Crippen LogP contribution in [0.5, 0.6) is 0 Å². The van der Waals surface area contributed by atoms with Gasteiger partial charge in [-0.25, -0.2) is 0 Å². The summed E-state index contributed by atoms with van der Waals surface area (Å²) in [4.78, 5) is 0.0451. The molecule has 0 amide bonds. The summed E-state index contributed by atoms with van der Waals surface area (Å²) in [5.41, 5.74) is 1.61. The van der Waals surface area contributed by atoms with Crippen molar-refractivity contribution in [3.8, 4) is 0 Å². The van der Waals surface area contributed by atoms with Crippen LogP contribution in [0.15, 0.2) is 30.3 Å². The van der Waals surface area contributed by atoms with E-state index in [4.69, 9.17) is 5.41 Å².